The molecule has 1 aromatic carbocycles. The highest BCUT2D eigenvalue weighted by Crippen LogP contribution is 2.25. The fourth-order valence-electron chi connectivity index (χ4n) is 2.67. The predicted octanol–water partition coefficient (Wildman–Crippen LogP) is 5.24. The number of hydrogen-bond acceptors (Lipinski definition) is 1. The molecule has 124 valence electrons. The van der Waals surface area contributed by atoms with E-state index in [0.29, 0.717) is 0 Å². The molecule has 0 unspecified atom stereocenters. The van der Waals surface area contributed by atoms with E-state index in [-0.39, 0.29) is 0 Å². The van der Waals surface area contributed by atoms with Gasteiger partial charge in [0.25, 0.3) is 0 Å². The minimum Gasteiger partial charge on any atom is -0.323 e. The van der Waals surface area contributed by atoms with E-state index in [2.05, 4.69) is 68.0 Å². The van der Waals surface area contributed by atoms with E-state index in [1.54, 1.807) is 0 Å². The monoisotopic (exact) mass is 349 g/mol. The highest BCUT2D eigenvalue weighted by molar-refractivity contribution is 7.05. The second-order valence-corrected chi connectivity index (χ2v) is 12.9. The van der Waals surface area contributed by atoms with Crippen LogP contribution in [0.2, 0.25) is 0 Å². The molecular weight excluding hydrogens is 322 g/mol. The molecule has 1 aromatic rings. The number of benzene rings is 1. The Kier molecular flexibility index (Phi) is 7.59. The van der Waals surface area contributed by atoms with Gasteiger partial charge in [0.15, 0.2) is 16.5 Å². The van der Waals surface area contributed by atoms with Gasteiger partial charge in [-0.15, -0.1) is 39.5 Å². The summed E-state index contributed by atoms with van der Waals surface area (Å²) in [5.41, 5.74) is 13.1. The van der Waals surface area contributed by atoms with E-state index >= 15 is 0 Å². The van der Waals surface area contributed by atoms with Crippen LogP contribution in [0.5, 0.6) is 0 Å². The molecule has 0 amide bonds. The summed E-state index contributed by atoms with van der Waals surface area (Å²) in [6.07, 6.45) is 4.28. The van der Waals surface area contributed by atoms with Gasteiger partial charge >= 0.3 is 0 Å². The summed E-state index contributed by atoms with van der Waals surface area (Å²) in [5, 5.41) is 0. The number of hydrogen-bond donors (Lipinski definition) is 0. The number of nitrogens with zero attached hydrogens (tertiary/aromatic N) is 1. The molecular formula is C21H27NSi2. The van der Waals surface area contributed by atoms with Crippen LogP contribution in [0.1, 0.15) is 5.56 Å². The Morgan fingerprint density at radius 1 is 0.708 bits per heavy atom. The van der Waals surface area contributed by atoms with E-state index in [0.717, 1.165) is 6.54 Å². The zero-order valence-electron chi connectivity index (χ0n) is 14.4. The maximum Gasteiger partial charge on any atom is 0.195 e. The van der Waals surface area contributed by atoms with Gasteiger partial charge in [0, 0.05) is 6.54 Å². The van der Waals surface area contributed by atoms with Gasteiger partial charge in [-0.2, -0.15) is 0 Å². The second kappa shape index (κ2) is 9.18. The van der Waals surface area contributed by atoms with Crippen molar-refractivity contribution >= 4 is 22.5 Å². The van der Waals surface area contributed by atoms with Crippen LogP contribution >= 0.6 is 0 Å². The van der Waals surface area contributed by atoms with E-state index < -0.39 is 16.5 Å². The maximum atomic E-state index is 4.05. The third-order valence-electron chi connectivity index (χ3n) is 4.29. The lowest BCUT2D eigenvalue weighted by Gasteiger charge is -2.44. The van der Waals surface area contributed by atoms with E-state index in [1.165, 1.54) is 5.56 Å². The molecule has 0 aliphatic rings. The summed E-state index contributed by atoms with van der Waals surface area (Å²) < 4.78 is 2.42. The van der Waals surface area contributed by atoms with E-state index in [1.807, 2.05) is 52.4 Å². The largest absolute Gasteiger partial charge is 0.323 e. The van der Waals surface area contributed by atoms with E-state index in [4.69, 9.17) is 0 Å². The summed E-state index contributed by atoms with van der Waals surface area (Å²) in [6, 6.07) is 10.2. The molecule has 1 nitrogen and oxygen atoms in total. The zero-order valence-corrected chi connectivity index (χ0v) is 16.4. The quantitative estimate of drug-likeness (QED) is 0.494. The van der Waals surface area contributed by atoms with Crippen LogP contribution in [0, 0.1) is 0 Å². The molecule has 0 radical (unpaired) electrons. The first-order valence-corrected chi connectivity index (χ1v) is 12.2. The summed E-state index contributed by atoms with van der Waals surface area (Å²) in [6.45, 7) is 25.0. The van der Waals surface area contributed by atoms with Crippen LogP contribution in [-0.4, -0.2) is 27.2 Å². The summed E-state index contributed by atoms with van der Waals surface area (Å²) in [4.78, 5) is 0. The molecule has 0 saturated carbocycles. The van der Waals surface area contributed by atoms with Gasteiger partial charge in [-0.1, -0.05) is 76.7 Å². The van der Waals surface area contributed by atoms with Crippen molar-refractivity contribution in [3.63, 3.8) is 0 Å². The Hall–Kier alpha value is -2.21. The molecule has 0 aliphatic heterocycles. The van der Waals surface area contributed by atoms with Crippen molar-refractivity contribution in [3.8, 4) is 0 Å². The Bertz CT molecular complexity index is 568. The molecule has 24 heavy (non-hydrogen) atoms. The van der Waals surface area contributed by atoms with Crippen molar-refractivity contribution in [2.45, 2.75) is 0 Å². The fraction of sp³-hybridized carbons (Fsp3) is 0.0476. The average Bonchev–Trinajstić information content (AvgIpc) is 2.65. The van der Waals surface area contributed by atoms with Gasteiger partial charge < -0.3 is 4.23 Å². The molecule has 1 rings (SSSR count). The normalized spacial score (nSPS) is 11.9. The van der Waals surface area contributed by atoms with Gasteiger partial charge in [-0.25, -0.2) is 0 Å². The smallest absolute Gasteiger partial charge is 0.195 e. The summed E-state index contributed by atoms with van der Waals surface area (Å²) >= 11 is 0. The molecule has 0 fully saturated rings. The molecule has 0 atom stereocenters. The minimum atomic E-state index is -2.26. The standard InChI is InChI=1S/C21H27NSi2/c1-7-23(8-2,9-3)22(24(10-4,11-5)12-6)20-16-19-21-17-14-13-15-18-21/h7-19H,1-6,20H2/b19-16+. The Labute approximate surface area is 149 Å². The lowest BCUT2D eigenvalue weighted by Crippen LogP contribution is -2.63. The lowest BCUT2D eigenvalue weighted by atomic mass is 10.2. The van der Waals surface area contributed by atoms with Crippen LogP contribution in [0.25, 0.3) is 6.08 Å². The minimum absolute atomic E-state index is 0.738. The molecule has 0 aliphatic carbocycles. The highest BCUT2D eigenvalue weighted by Gasteiger charge is 2.42. The predicted molar refractivity (Wildman–Crippen MR) is 115 cm³/mol. The van der Waals surface area contributed by atoms with Crippen molar-refractivity contribution < 1.29 is 0 Å². The molecule has 0 aromatic heterocycles. The Morgan fingerprint density at radius 2 is 1.12 bits per heavy atom. The van der Waals surface area contributed by atoms with Crippen LogP contribution in [-0.2, 0) is 0 Å². The van der Waals surface area contributed by atoms with Crippen molar-refractivity contribution in [3.05, 3.63) is 116 Å². The first kappa shape index (κ1) is 19.8. The molecule has 0 spiro atoms. The van der Waals surface area contributed by atoms with Crippen molar-refractivity contribution in [2.75, 3.05) is 6.54 Å². The fourth-order valence-corrected chi connectivity index (χ4v) is 10.2. The highest BCUT2D eigenvalue weighted by atomic mass is 28.4. The van der Waals surface area contributed by atoms with Gasteiger partial charge in [0.1, 0.15) is 0 Å². The number of rotatable bonds is 11. The van der Waals surface area contributed by atoms with Gasteiger partial charge in [0.2, 0.25) is 0 Å². The third kappa shape index (κ3) is 4.00. The molecule has 0 heterocycles. The third-order valence-corrected chi connectivity index (χ3v) is 12.8. The molecule has 0 N–H and O–H groups in total. The van der Waals surface area contributed by atoms with Crippen LogP contribution in [0.4, 0.5) is 0 Å². The molecule has 0 bridgehead atoms. The van der Waals surface area contributed by atoms with E-state index in [9.17, 15) is 0 Å². The summed E-state index contributed by atoms with van der Waals surface area (Å²) in [5.74, 6) is 0. The first-order chi connectivity index (χ1) is 11.6. The van der Waals surface area contributed by atoms with Crippen molar-refractivity contribution in [1.29, 1.82) is 0 Å². The van der Waals surface area contributed by atoms with Gasteiger partial charge in [-0.05, 0) is 5.56 Å². The van der Waals surface area contributed by atoms with Crippen LogP contribution in [0.3, 0.4) is 0 Å². The zero-order chi connectivity index (χ0) is 18.1. The second-order valence-electron chi connectivity index (χ2n) is 5.42. The van der Waals surface area contributed by atoms with Gasteiger partial charge in [0.05, 0.1) is 0 Å². The maximum absolute atomic E-state index is 4.05. The average molecular weight is 350 g/mol. The molecule has 0 saturated heterocycles. The van der Waals surface area contributed by atoms with Crippen LogP contribution < -0.4 is 0 Å². The molecule has 3 heteroatoms. The summed E-state index contributed by atoms with van der Waals surface area (Å²) in [7, 11) is -4.52. The SMILES string of the molecule is C=C[Si](C=C)(C=C)N(C/C=C/c1ccccc1)[Si](C=C)(C=C)C=C. The lowest BCUT2D eigenvalue weighted by molar-refractivity contribution is 0.721. The topological polar surface area (TPSA) is 3.24 Å². The Balaban J connectivity index is 3.30. The van der Waals surface area contributed by atoms with Crippen molar-refractivity contribution in [2.24, 2.45) is 0 Å². The van der Waals surface area contributed by atoms with Gasteiger partial charge in [-0.3, -0.25) is 0 Å². The first-order valence-electron chi connectivity index (χ1n) is 7.89. The Morgan fingerprint density at radius 3 is 1.50 bits per heavy atom. The van der Waals surface area contributed by atoms with Crippen molar-refractivity contribution in [1.82, 2.24) is 4.23 Å². The van der Waals surface area contributed by atoms with Crippen LogP contribution in [0.15, 0.2) is 110 Å².